The minimum absolute atomic E-state index is 0.122. The van der Waals surface area contributed by atoms with Crippen LogP contribution in [0, 0.1) is 0 Å². The third-order valence-electron chi connectivity index (χ3n) is 5.30. The quantitative estimate of drug-likeness (QED) is 0.515. The zero-order chi connectivity index (χ0) is 20.3. The van der Waals surface area contributed by atoms with Crippen molar-refractivity contribution in [3.05, 3.63) is 99.7 Å². The molecule has 2 aromatic heterocycles. The number of nitrogens with zero attached hydrogens (tertiary/aromatic N) is 2. The van der Waals surface area contributed by atoms with Crippen LogP contribution in [0.15, 0.2) is 71.9 Å². The summed E-state index contributed by atoms with van der Waals surface area (Å²) < 4.78 is 7.75. The summed E-state index contributed by atoms with van der Waals surface area (Å²) in [5.41, 5.74) is 3.93. The van der Waals surface area contributed by atoms with Crippen molar-refractivity contribution in [1.82, 2.24) is 15.0 Å². The van der Waals surface area contributed by atoms with E-state index in [2.05, 4.69) is 4.98 Å². The second-order valence-corrected chi connectivity index (χ2v) is 7.03. The number of pyridine rings is 2. The van der Waals surface area contributed by atoms with Crippen LogP contribution >= 0.6 is 0 Å². The maximum absolute atomic E-state index is 12.8. The van der Waals surface area contributed by atoms with Crippen LogP contribution in [0.1, 0.15) is 39.9 Å². The number of carbonyl (C=O) groups excluding carboxylic acids is 1. The summed E-state index contributed by atoms with van der Waals surface area (Å²) in [5.74, 6) is -0.573. The highest BCUT2D eigenvalue weighted by molar-refractivity contribution is 5.93. The van der Waals surface area contributed by atoms with Crippen LogP contribution < -0.4 is 11.0 Å². The molecule has 3 heterocycles. The third-order valence-corrected chi connectivity index (χ3v) is 5.30. The van der Waals surface area contributed by atoms with Gasteiger partial charge in [0.1, 0.15) is 5.60 Å². The van der Waals surface area contributed by atoms with Gasteiger partial charge in [-0.1, -0.05) is 12.1 Å². The van der Waals surface area contributed by atoms with Gasteiger partial charge in [0.15, 0.2) is 0 Å². The van der Waals surface area contributed by atoms with Crippen LogP contribution in [-0.4, -0.2) is 27.3 Å². The standard InChI is InChI=1S/C22H21N3O4/c26-20-14-19(22(9-1-13-29-22)18-6-10-23-11-7-18)8-12-25(20)15-16-2-4-17(5-3-16)21(27)24-28/h2-8,10-12,14,28H,1,9,13,15H2,(H,24,27). The second-order valence-electron chi connectivity index (χ2n) is 7.03. The predicted molar refractivity (Wildman–Crippen MR) is 106 cm³/mol. The molecule has 1 fully saturated rings. The van der Waals surface area contributed by atoms with Crippen molar-refractivity contribution in [2.75, 3.05) is 6.61 Å². The fourth-order valence-corrected chi connectivity index (χ4v) is 3.80. The molecule has 0 saturated carbocycles. The molecular formula is C22H21N3O4. The van der Waals surface area contributed by atoms with E-state index < -0.39 is 11.5 Å². The smallest absolute Gasteiger partial charge is 0.274 e. The Morgan fingerprint density at radius 2 is 1.90 bits per heavy atom. The zero-order valence-electron chi connectivity index (χ0n) is 15.7. The number of nitrogens with one attached hydrogen (secondary N) is 1. The molecule has 1 amide bonds. The number of hydrogen-bond donors (Lipinski definition) is 2. The highest BCUT2D eigenvalue weighted by atomic mass is 16.5. The zero-order valence-corrected chi connectivity index (χ0v) is 15.7. The molecular weight excluding hydrogens is 370 g/mol. The maximum atomic E-state index is 12.8. The Labute approximate surface area is 167 Å². The van der Waals surface area contributed by atoms with Gasteiger partial charge in [0.25, 0.3) is 11.5 Å². The van der Waals surface area contributed by atoms with Gasteiger partial charge in [-0.05, 0) is 59.9 Å². The molecule has 7 nitrogen and oxygen atoms in total. The molecule has 2 N–H and O–H groups in total. The van der Waals surface area contributed by atoms with E-state index in [9.17, 15) is 9.59 Å². The molecule has 3 aromatic rings. The molecule has 29 heavy (non-hydrogen) atoms. The van der Waals surface area contributed by atoms with Gasteiger partial charge in [0, 0.05) is 36.8 Å². The maximum Gasteiger partial charge on any atom is 0.274 e. The molecule has 0 spiro atoms. The first-order valence-electron chi connectivity index (χ1n) is 9.41. The topological polar surface area (TPSA) is 93.5 Å². The highest BCUT2D eigenvalue weighted by Crippen LogP contribution is 2.41. The monoisotopic (exact) mass is 391 g/mol. The lowest BCUT2D eigenvalue weighted by Gasteiger charge is -2.29. The molecule has 7 heteroatoms. The van der Waals surface area contributed by atoms with Crippen molar-refractivity contribution in [1.29, 1.82) is 0 Å². The van der Waals surface area contributed by atoms with E-state index in [0.29, 0.717) is 18.7 Å². The molecule has 1 aromatic carbocycles. The molecule has 1 aliphatic rings. The van der Waals surface area contributed by atoms with Crippen molar-refractivity contribution in [2.24, 2.45) is 0 Å². The van der Waals surface area contributed by atoms with Crippen molar-refractivity contribution in [3.8, 4) is 0 Å². The molecule has 0 bridgehead atoms. The molecule has 1 unspecified atom stereocenters. The lowest BCUT2D eigenvalue weighted by atomic mass is 9.85. The minimum atomic E-state index is -0.611. The Balaban J connectivity index is 1.61. The number of rotatable bonds is 5. The third kappa shape index (κ3) is 3.70. The number of amides is 1. The van der Waals surface area contributed by atoms with E-state index in [1.165, 1.54) is 0 Å². The summed E-state index contributed by atoms with van der Waals surface area (Å²) in [4.78, 5) is 28.3. The van der Waals surface area contributed by atoms with E-state index in [1.54, 1.807) is 59.0 Å². The summed E-state index contributed by atoms with van der Waals surface area (Å²) in [5, 5.41) is 8.69. The van der Waals surface area contributed by atoms with E-state index in [1.807, 2.05) is 18.2 Å². The average molecular weight is 391 g/mol. The van der Waals surface area contributed by atoms with Crippen molar-refractivity contribution >= 4 is 5.91 Å². The highest BCUT2D eigenvalue weighted by Gasteiger charge is 2.39. The summed E-state index contributed by atoms with van der Waals surface area (Å²) in [6.07, 6.45) is 6.99. The van der Waals surface area contributed by atoms with Crippen LogP contribution in [-0.2, 0) is 16.9 Å². The van der Waals surface area contributed by atoms with Crippen LogP contribution in [0.4, 0.5) is 0 Å². The van der Waals surface area contributed by atoms with Gasteiger partial charge in [0.05, 0.1) is 6.54 Å². The fourth-order valence-electron chi connectivity index (χ4n) is 3.80. The number of hydrogen-bond acceptors (Lipinski definition) is 5. The summed E-state index contributed by atoms with van der Waals surface area (Å²) >= 11 is 0. The molecule has 148 valence electrons. The van der Waals surface area contributed by atoms with Crippen molar-refractivity contribution in [2.45, 2.75) is 25.0 Å². The van der Waals surface area contributed by atoms with Gasteiger partial charge in [-0.2, -0.15) is 0 Å². The number of aromatic nitrogens is 2. The van der Waals surface area contributed by atoms with Gasteiger partial charge in [0.2, 0.25) is 0 Å². The van der Waals surface area contributed by atoms with Crippen LogP contribution in [0.5, 0.6) is 0 Å². The van der Waals surface area contributed by atoms with E-state index in [4.69, 9.17) is 9.94 Å². The Bertz CT molecular complexity index is 1060. The van der Waals surface area contributed by atoms with Crippen LogP contribution in [0.2, 0.25) is 0 Å². The number of hydroxylamine groups is 1. The van der Waals surface area contributed by atoms with Gasteiger partial charge >= 0.3 is 0 Å². The predicted octanol–water partition coefficient (Wildman–Crippen LogP) is 2.46. The lowest BCUT2D eigenvalue weighted by molar-refractivity contribution is 0.0357. The summed E-state index contributed by atoms with van der Waals surface area (Å²) in [6.45, 7) is 1.03. The molecule has 1 saturated heterocycles. The van der Waals surface area contributed by atoms with Crippen molar-refractivity contribution < 1.29 is 14.7 Å². The first-order chi connectivity index (χ1) is 14.1. The molecule has 0 radical (unpaired) electrons. The SMILES string of the molecule is O=C(NO)c1ccc(Cn2ccc(C3(c4ccncc4)CCCO3)cc2=O)cc1. The van der Waals surface area contributed by atoms with Gasteiger partial charge in [-0.3, -0.25) is 19.8 Å². The average Bonchev–Trinajstić information content (AvgIpc) is 3.27. The first-order valence-corrected chi connectivity index (χ1v) is 9.41. The van der Waals surface area contributed by atoms with Gasteiger partial charge in [-0.25, -0.2) is 5.48 Å². The fraction of sp³-hybridized carbons (Fsp3) is 0.227. The molecule has 1 aliphatic heterocycles. The Morgan fingerprint density at radius 3 is 2.52 bits per heavy atom. The van der Waals surface area contributed by atoms with E-state index in [0.717, 1.165) is 29.5 Å². The van der Waals surface area contributed by atoms with Crippen molar-refractivity contribution in [3.63, 3.8) is 0 Å². The lowest BCUT2D eigenvalue weighted by Crippen LogP contribution is -2.30. The summed E-state index contributed by atoms with van der Waals surface area (Å²) in [7, 11) is 0. The summed E-state index contributed by atoms with van der Waals surface area (Å²) in [6, 6.07) is 14.1. The van der Waals surface area contributed by atoms with Crippen LogP contribution in [0.3, 0.4) is 0 Å². The largest absolute Gasteiger partial charge is 0.366 e. The van der Waals surface area contributed by atoms with Crippen LogP contribution in [0.25, 0.3) is 0 Å². The number of carbonyl (C=O) groups is 1. The Kier molecular flexibility index (Phi) is 5.24. The number of benzene rings is 1. The number of ether oxygens (including phenoxy) is 1. The molecule has 4 rings (SSSR count). The van der Waals surface area contributed by atoms with E-state index in [-0.39, 0.29) is 5.56 Å². The Morgan fingerprint density at radius 1 is 1.14 bits per heavy atom. The van der Waals surface area contributed by atoms with Gasteiger partial charge in [-0.15, -0.1) is 0 Å². The molecule has 1 atom stereocenters. The molecule has 0 aliphatic carbocycles. The minimum Gasteiger partial charge on any atom is -0.366 e. The Hall–Kier alpha value is -3.29. The van der Waals surface area contributed by atoms with E-state index >= 15 is 0 Å². The normalized spacial score (nSPS) is 18.5. The first kappa shape index (κ1) is 19.0. The second kappa shape index (κ2) is 7.98. The van der Waals surface area contributed by atoms with Gasteiger partial charge < -0.3 is 9.30 Å².